The molecule has 0 N–H and O–H groups in total. The third-order valence-electron chi connectivity index (χ3n) is 2.70. The average molecular weight is 237 g/mol. The monoisotopic (exact) mass is 237 g/mol. The van der Waals surface area contributed by atoms with Crippen LogP contribution in [0.25, 0.3) is 0 Å². The van der Waals surface area contributed by atoms with Crippen LogP contribution in [-0.2, 0) is 5.75 Å². The van der Waals surface area contributed by atoms with Crippen LogP contribution in [0.4, 0.5) is 5.69 Å². The first-order valence-corrected chi connectivity index (χ1v) is 10.2. The molecule has 1 aliphatic rings. The minimum atomic E-state index is -0.901. The number of hydrogen-bond acceptors (Lipinski definition) is 2. The van der Waals surface area contributed by atoms with Gasteiger partial charge < -0.3 is 4.31 Å². The predicted octanol–water partition coefficient (Wildman–Crippen LogP) is 3.99. The number of para-hydroxylation sites is 1. The molecule has 1 aromatic carbocycles. The Kier molecular flexibility index (Phi) is 3.12. The maximum Gasteiger partial charge on any atom is 0.0510 e. The molecule has 0 saturated heterocycles. The summed E-state index contributed by atoms with van der Waals surface area (Å²) in [5.74, 6) is 1.15. The van der Waals surface area contributed by atoms with Crippen LogP contribution in [0.3, 0.4) is 0 Å². The lowest BCUT2D eigenvalue weighted by molar-refractivity contribution is 1.08. The van der Waals surface area contributed by atoms with Gasteiger partial charge in [0, 0.05) is 20.4 Å². The maximum absolute atomic E-state index is 2.48. The van der Waals surface area contributed by atoms with Gasteiger partial charge in [0.05, 0.1) is 5.69 Å². The Hall–Kier alpha value is -0.413. The molecule has 1 nitrogen and oxygen atoms in total. The van der Waals surface area contributed by atoms with E-state index in [1.165, 1.54) is 23.8 Å². The molecule has 0 fully saturated rings. The molecule has 0 aliphatic carbocycles. The molecule has 15 heavy (non-hydrogen) atoms. The summed E-state index contributed by atoms with van der Waals surface area (Å²) >= 11 is 1.97. The van der Waals surface area contributed by atoms with Crippen molar-refractivity contribution in [1.29, 1.82) is 0 Å². The van der Waals surface area contributed by atoms with Crippen LogP contribution in [0.1, 0.15) is 5.56 Å². The molecule has 0 bridgehead atoms. The smallest absolute Gasteiger partial charge is 0.0510 e. The van der Waals surface area contributed by atoms with E-state index in [1.54, 1.807) is 0 Å². The highest BCUT2D eigenvalue weighted by Crippen LogP contribution is 2.37. The topological polar surface area (TPSA) is 3.24 Å². The van der Waals surface area contributed by atoms with E-state index in [0.29, 0.717) is 0 Å². The highest BCUT2D eigenvalue weighted by Gasteiger charge is 2.21. The van der Waals surface area contributed by atoms with Crippen LogP contribution in [0.5, 0.6) is 0 Å². The summed E-state index contributed by atoms with van der Waals surface area (Å²) in [4.78, 5) is 0. The molecule has 82 valence electrons. The summed E-state index contributed by atoms with van der Waals surface area (Å²) in [5.41, 5.74) is 2.94. The van der Waals surface area contributed by atoms with Gasteiger partial charge in [-0.05, 0) is 29.6 Å². The van der Waals surface area contributed by atoms with Gasteiger partial charge in [0.2, 0.25) is 0 Å². The van der Waals surface area contributed by atoms with Gasteiger partial charge >= 0.3 is 0 Å². The number of fused-ring (bicyclic) bond motifs is 1. The molecule has 1 aromatic rings. The normalized spacial score (nSPS) is 15.5. The van der Waals surface area contributed by atoms with Crippen molar-refractivity contribution in [3.8, 4) is 0 Å². The Labute approximate surface area is 98.0 Å². The van der Waals surface area contributed by atoms with Gasteiger partial charge in [0.25, 0.3) is 0 Å². The van der Waals surface area contributed by atoms with Crippen molar-refractivity contribution in [2.75, 3.05) is 10.8 Å². The summed E-state index contributed by atoms with van der Waals surface area (Å²) < 4.78 is 2.48. The summed E-state index contributed by atoms with van der Waals surface area (Å²) in [6.07, 6.45) is 0. The second-order valence-corrected chi connectivity index (χ2v) is 11.9. The van der Waals surface area contributed by atoms with E-state index >= 15 is 0 Å². The van der Waals surface area contributed by atoms with Gasteiger partial charge in [0.15, 0.2) is 0 Å². The minimum Gasteiger partial charge on any atom is -0.316 e. The molecule has 1 aliphatic heterocycles. The molecule has 0 unspecified atom stereocenters. The Morgan fingerprint density at radius 3 is 2.73 bits per heavy atom. The fourth-order valence-electron chi connectivity index (χ4n) is 1.72. The molecule has 1 heterocycles. The summed E-state index contributed by atoms with van der Waals surface area (Å²) in [5, 5.41) is 0. The minimum absolute atomic E-state index is 0.901. The molecule has 2 rings (SSSR count). The molecule has 3 heteroatoms. The number of nitrogens with zero attached hydrogens (tertiary/aromatic N) is 1. The fraction of sp³-hybridized carbons (Fsp3) is 0.500. The van der Waals surface area contributed by atoms with E-state index in [0.717, 1.165) is 5.75 Å². The summed E-state index contributed by atoms with van der Waals surface area (Å²) in [7, 11) is -0.901. The number of anilines is 1. The van der Waals surface area contributed by atoms with Gasteiger partial charge in [-0.1, -0.05) is 37.8 Å². The molecule has 0 atom stereocenters. The van der Waals surface area contributed by atoms with Gasteiger partial charge in [-0.3, -0.25) is 0 Å². The van der Waals surface area contributed by atoms with E-state index in [9.17, 15) is 0 Å². The van der Waals surface area contributed by atoms with Gasteiger partial charge in [-0.2, -0.15) is 0 Å². The largest absolute Gasteiger partial charge is 0.316 e. The number of rotatable bonds is 3. The maximum atomic E-state index is 2.48. The van der Waals surface area contributed by atoms with E-state index in [2.05, 4.69) is 48.2 Å². The van der Waals surface area contributed by atoms with E-state index in [-0.39, 0.29) is 0 Å². The van der Waals surface area contributed by atoms with Crippen LogP contribution >= 0.6 is 11.9 Å². The number of benzene rings is 1. The van der Waals surface area contributed by atoms with Gasteiger partial charge in [0.1, 0.15) is 0 Å². The predicted molar refractivity (Wildman–Crippen MR) is 73.2 cm³/mol. The van der Waals surface area contributed by atoms with E-state index < -0.39 is 8.07 Å². The third kappa shape index (κ3) is 2.79. The first-order valence-electron chi connectivity index (χ1n) is 5.55. The van der Waals surface area contributed by atoms with Crippen LogP contribution in [0, 0.1) is 0 Å². The zero-order valence-electron chi connectivity index (χ0n) is 9.79. The molecule has 0 spiro atoms. The van der Waals surface area contributed by atoms with Gasteiger partial charge in [-0.15, -0.1) is 0 Å². The average Bonchev–Trinajstić information content (AvgIpc) is 2.57. The van der Waals surface area contributed by atoms with Crippen molar-refractivity contribution in [3.63, 3.8) is 0 Å². The van der Waals surface area contributed by atoms with E-state index in [4.69, 9.17) is 0 Å². The highest BCUT2D eigenvalue weighted by molar-refractivity contribution is 8.00. The second-order valence-electron chi connectivity index (χ2n) is 5.31. The van der Waals surface area contributed by atoms with Crippen molar-refractivity contribution in [2.45, 2.75) is 31.4 Å². The standard InChI is InChI=1S/C12H19NSSi/c1-15(2,3)9-8-13-12-7-5-4-6-11(12)10-14-13/h4-7H,8-10H2,1-3H3. The Bertz CT molecular complexity index is 346. The zero-order chi connectivity index (χ0) is 10.9. The van der Waals surface area contributed by atoms with Crippen molar-refractivity contribution in [2.24, 2.45) is 0 Å². The van der Waals surface area contributed by atoms with Crippen LogP contribution in [-0.4, -0.2) is 14.6 Å². The molecule has 0 amide bonds. The molecule has 0 aromatic heterocycles. The van der Waals surface area contributed by atoms with Crippen LogP contribution in [0.2, 0.25) is 25.7 Å². The van der Waals surface area contributed by atoms with Crippen molar-refractivity contribution in [3.05, 3.63) is 29.8 Å². The molecule has 0 radical (unpaired) electrons. The van der Waals surface area contributed by atoms with Crippen molar-refractivity contribution in [1.82, 2.24) is 0 Å². The van der Waals surface area contributed by atoms with Crippen LogP contribution < -0.4 is 4.31 Å². The lowest BCUT2D eigenvalue weighted by atomic mass is 10.2. The lowest BCUT2D eigenvalue weighted by Crippen LogP contribution is -2.26. The summed E-state index contributed by atoms with van der Waals surface area (Å²) in [6.45, 7) is 8.55. The first kappa shape index (κ1) is 11.1. The molecule has 0 saturated carbocycles. The Morgan fingerprint density at radius 2 is 2.00 bits per heavy atom. The summed E-state index contributed by atoms with van der Waals surface area (Å²) in [6, 6.07) is 10.2. The van der Waals surface area contributed by atoms with Crippen LogP contribution in [0.15, 0.2) is 24.3 Å². The molecular formula is C12H19NSSi. The lowest BCUT2D eigenvalue weighted by Gasteiger charge is -2.22. The SMILES string of the molecule is C[Si](C)(C)CCN1SCc2ccccc21. The number of hydrogen-bond donors (Lipinski definition) is 0. The highest BCUT2D eigenvalue weighted by atomic mass is 32.2. The molecular weight excluding hydrogens is 218 g/mol. The first-order chi connectivity index (χ1) is 7.06. The van der Waals surface area contributed by atoms with E-state index in [1.807, 2.05) is 11.9 Å². The van der Waals surface area contributed by atoms with Crippen molar-refractivity contribution >= 4 is 25.7 Å². The fourth-order valence-corrected chi connectivity index (χ4v) is 3.85. The Morgan fingerprint density at radius 1 is 1.27 bits per heavy atom. The Balaban J connectivity index is 2.02. The zero-order valence-corrected chi connectivity index (χ0v) is 11.6. The quantitative estimate of drug-likeness (QED) is 0.577. The second kappa shape index (κ2) is 4.22. The van der Waals surface area contributed by atoms with Crippen molar-refractivity contribution < 1.29 is 0 Å². The van der Waals surface area contributed by atoms with Gasteiger partial charge in [-0.25, -0.2) is 0 Å². The third-order valence-corrected chi connectivity index (χ3v) is 5.56.